The molecule has 3 aromatic rings. The Morgan fingerprint density at radius 3 is 2.44 bits per heavy atom. The van der Waals surface area contributed by atoms with Crippen LogP contribution in [-0.4, -0.2) is 11.8 Å². The maximum Gasteiger partial charge on any atom is 0.258 e. The summed E-state index contributed by atoms with van der Waals surface area (Å²) < 4.78 is 0. The van der Waals surface area contributed by atoms with Crippen molar-refractivity contribution in [2.45, 2.75) is 40.0 Å². The SMILES string of the molecule is CC(C)(C)C1CCc2c(sc(NC(=O)c3ccccc3)c2C(=O)Nc2cccc(Cl)c2)C1. The van der Waals surface area contributed by atoms with E-state index in [1.807, 2.05) is 18.2 Å². The van der Waals surface area contributed by atoms with Crippen LogP contribution in [0.5, 0.6) is 0 Å². The molecule has 0 bridgehead atoms. The van der Waals surface area contributed by atoms with Gasteiger partial charge in [0.2, 0.25) is 0 Å². The third-order valence-corrected chi connectivity index (χ3v) is 7.47. The number of rotatable bonds is 4. The van der Waals surface area contributed by atoms with Crippen LogP contribution in [0, 0.1) is 11.3 Å². The van der Waals surface area contributed by atoms with E-state index in [1.54, 1.807) is 36.4 Å². The number of hydrogen-bond donors (Lipinski definition) is 2. The number of anilines is 2. The number of nitrogens with one attached hydrogen (secondary N) is 2. The topological polar surface area (TPSA) is 58.2 Å². The van der Waals surface area contributed by atoms with Crippen LogP contribution >= 0.6 is 22.9 Å². The standard InChI is InChI=1S/C26H27ClN2O2S/c1-26(2,3)17-12-13-20-21(14-17)32-25(29-23(30)16-8-5-4-6-9-16)22(20)24(31)28-19-11-7-10-18(27)15-19/h4-11,15,17H,12-14H2,1-3H3,(H,28,31)(H,29,30). The zero-order valence-electron chi connectivity index (χ0n) is 18.5. The molecule has 1 heterocycles. The maximum absolute atomic E-state index is 13.4. The van der Waals surface area contributed by atoms with Crippen molar-refractivity contribution in [3.05, 3.63) is 81.2 Å². The second kappa shape index (κ2) is 9.08. The number of carbonyl (C=O) groups excluding carboxylic acids is 2. The van der Waals surface area contributed by atoms with Gasteiger partial charge in [-0.05, 0) is 66.5 Å². The molecule has 166 valence electrons. The minimum atomic E-state index is -0.220. The van der Waals surface area contributed by atoms with E-state index in [2.05, 4.69) is 31.4 Å². The zero-order valence-corrected chi connectivity index (χ0v) is 20.1. The highest BCUT2D eigenvalue weighted by Gasteiger charge is 2.34. The molecule has 6 heteroatoms. The summed E-state index contributed by atoms with van der Waals surface area (Å²) >= 11 is 7.62. The summed E-state index contributed by atoms with van der Waals surface area (Å²) in [7, 11) is 0. The van der Waals surface area contributed by atoms with Crippen molar-refractivity contribution in [2.75, 3.05) is 10.6 Å². The molecule has 0 saturated carbocycles. The fraction of sp³-hybridized carbons (Fsp3) is 0.308. The van der Waals surface area contributed by atoms with Crippen LogP contribution in [0.2, 0.25) is 5.02 Å². The van der Waals surface area contributed by atoms with Gasteiger partial charge >= 0.3 is 0 Å². The molecule has 0 aliphatic heterocycles. The minimum Gasteiger partial charge on any atom is -0.322 e. The molecule has 4 nitrogen and oxygen atoms in total. The van der Waals surface area contributed by atoms with Gasteiger partial charge in [0.25, 0.3) is 11.8 Å². The summed E-state index contributed by atoms with van der Waals surface area (Å²) in [6.07, 6.45) is 2.77. The van der Waals surface area contributed by atoms with Crippen molar-refractivity contribution in [1.29, 1.82) is 0 Å². The van der Waals surface area contributed by atoms with E-state index in [-0.39, 0.29) is 17.2 Å². The Morgan fingerprint density at radius 2 is 1.75 bits per heavy atom. The van der Waals surface area contributed by atoms with Crippen LogP contribution in [-0.2, 0) is 12.8 Å². The van der Waals surface area contributed by atoms with Crippen LogP contribution in [0.15, 0.2) is 54.6 Å². The normalized spacial score (nSPS) is 15.7. The summed E-state index contributed by atoms with van der Waals surface area (Å²) in [6, 6.07) is 16.2. The van der Waals surface area contributed by atoms with Gasteiger partial charge in [0.05, 0.1) is 5.56 Å². The molecule has 1 aliphatic carbocycles. The van der Waals surface area contributed by atoms with Gasteiger partial charge in [-0.25, -0.2) is 0 Å². The molecule has 1 aromatic heterocycles. The molecule has 1 aliphatic rings. The lowest BCUT2D eigenvalue weighted by Gasteiger charge is -2.33. The van der Waals surface area contributed by atoms with Crippen LogP contribution in [0.4, 0.5) is 10.7 Å². The first-order valence-electron chi connectivity index (χ1n) is 10.8. The molecule has 0 radical (unpaired) electrons. The zero-order chi connectivity index (χ0) is 22.9. The van der Waals surface area contributed by atoms with E-state index in [0.29, 0.717) is 32.8 Å². The molecule has 0 fully saturated rings. The van der Waals surface area contributed by atoms with Crippen LogP contribution in [0.1, 0.15) is 58.3 Å². The Labute approximate surface area is 198 Å². The smallest absolute Gasteiger partial charge is 0.258 e. The van der Waals surface area contributed by atoms with E-state index >= 15 is 0 Å². The van der Waals surface area contributed by atoms with Gasteiger partial charge < -0.3 is 10.6 Å². The van der Waals surface area contributed by atoms with E-state index in [9.17, 15) is 9.59 Å². The Bertz CT molecular complexity index is 1150. The van der Waals surface area contributed by atoms with Gasteiger partial charge in [-0.15, -0.1) is 11.3 Å². The summed E-state index contributed by atoms with van der Waals surface area (Å²) in [5.41, 5.74) is 3.01. The molecule has 32 heavy (non-hydrogen) atoms. The second-order valence-corrected chi connectivity index (χ2v) is 10.8. The molecule has 2 N–H and O–H groups in total. The van der Waals surface area contributed by atoms with Crippen molar-refractivity contribution >= 4 is 45.4 Å². The van der Waals surface area contributed by atoms with Crippen LogP contribution in [0.25, 0.3) is 0 Å². The molecule has 4 rings (SSSR count). The number of halogens is 1. The van der Waals surface area contributed by atoms with Crippen molar-refractivity contribution in [3.8, 4) is 0 Å². The number of amides is 2. The highest BCUT2D eigenvalue weighted by atomic mass is 35.5. The van der Waals surface area contributed by atoms with Crippen molar-refractivity contribution in [1.82, 2.24) is 0 Å². The number of hydrogen-bond acceptors (Lipinski definition) is 3. The molecule has 1 atom stereocenters. The second-order valence-electron chi connectivity index (χ2n) is 9.30. The lowest BCUT2D eigenvalue weighted by atomic mass is 9.72. The Kier molecular flexibility index (Phi) is 6.40. The minimum absolute atomic E-state index is 0.193. The fourth-order valence-electron chi connectivity index (χ4n) is 4.18. The predicted molar refractivity (Wildman–Crippen MR) is 133 cm³/mol. The van der Waals surface area contributed by atoms with E-state index in [0.717, 1.165) is 24.8 Å². The summed E-state index contributed by atoms with van der Waals surface area (Å²) in [6.45, 7) is 6.80. The van der Waals surface area contributed by atoms with Gasteiger partial charge in [-0.3, -0.25) is 9.59 Å². The Balaban J connectivity index is 1.69. The largest absolute Gasteiger partial charge is 0.322 e. The van der Waals surface area contributed by atoms with E-state index < -0.39 is 0 Å². The van der Waals surface area contributed by atoms with Gasteiger partial charge in [0, 0.05) is 21.2 Å². The molecular weight excluding hydrogens is 440 g/mol. The summed E-state index contributed by atoms with van der Waals surface area (Å²) in [5.74, 6) is 0.103. The molecule has 2 aromatic carbocycles. The first-order chi connectivity index (χ1) is 15.2. The van der Waals surface area contributed by atoms with Crippen molar-refractivity contribution in [3.63, 3.8) is 0 Å². The third-order valence-electron chi connectivity index (χ3n) is 6.06. The Morgan fingerprint density at radius 1 is 1.00 bits per heavy atom. The average molecular weight is 467 g/mol. The Hall–Kier alpha value is -2.63. The highest BCUT2D eigenvalue weighted by Crippen LogP contribution is 2.44. The van der Waals surface area contributed by atoms with E-state index in [1.165, 1.54) is 16.2 Å². The number of carbonyl (C=O) groups is 2. The predicted octanol–water partition coefficient (Wildman–Crippen LogP) is 7.06. The lowest BCUT2D eigenvalue weighted by Crippen LogP contribution is -2.27. The summed E-state index contributed by atoms with van der Waals surface area (Å²) in [5, 5.41) is 7.14. The first kappa shape index (κ1) is 22.6. The lowest BCUT2D eigenvalue weighted by molar-refractivity contribution is 0.102. The quantitative estimate of drug-likeness (QED) is 0.432. The fourth-order valence-corrected chi connectivity index (χ4v) is 5.69. The van der Waals surface area contributed by atoms with Gasteiger partial charge in [0.15, 0.2) is 0 Å². The highest BCUT2D eigenvalue weighted by molar-refractivity contribution is 7.17. The molecule has 0 spiro atoms. The summed E-state index contributed by atoms with van der Waals surface area (Å²) in [4.78, 5) is 27.4. The first-order valence-corrected chi connectivity index (χ1v) is 12.0. The molecule has 1 unspecified atom stereocenters. The third kappa shape index (κ3) is 4.89. The molecular formula is C26H27ClN2O2S. The van der Waals surface area contributed by atoms with Gasteiger partial charge in [-0.1, -0.05) is 56.6 Å². The monoisotopic (exact) mass is 466 g/mol. The molecule has 2 amide bonds. The molecule has 0 saturated heterocycles. The number of thiophene rings is 1. The van der Waals surface area contributed by atoms with Crippen molar-refractivity contribution in [2.24, 2.45) is 11.3 Å². The number of benzene rings is 2. The van der Waals surface area contributed by atoms with E-state index in [4.69, 9.17) is 11.6 Å². The van der Waals surface area contributed by atoms with Gasteiger partial charge in [-0.2, -0.15) is 0 Å². The van der Waals surface area contributed by atoms with Crippen LogP contribution in [0.3, 0.4) is 0 Å². The number of fused-ring (bicyclic) bond motifs is 1. The van der Waals surface area contributed by atoms with Crippen LogP contribution < -0.4 is 10.6 Å². The van der Waals surface area contributed by atoms with Gasteiger partial charge in [0.1, 0.15) is 5.00 Å². The van der Waals surface area contributed by atoms with Crippen molar-refractivity contribution < 1.29 is 9.59 Å². The maximum atomic E-state index is 13.4. The average Bonchev–Trinajstić information content (AvgIpc) is 3.10.